The van der Waals surface area contributed by atoms with Crippen LogP contribution in [0.4, 0.5) is 0 Å². The third kappa shape index (κ3) is 3.81. The van der Waals surface area contributed by atoms with Crippen LogP contribution >= 0.6 is 39.5 Å². The molecule has 0 aliphatic carbocycles. The van der Waals surface area contributed by atoms with Crippen molar-refractivity contribution in [3.8, 4) is 0 Å². The Hall–Kier alpha value is 0.0200. The molecule has 1 aliphatic heterocycles. The molecule has 0 spiro atoms. The molecule has 4 nitrogen and oxygen atoms in total. The van der Waals surface area contributed by atoms with E-state index < -0.39 is 0 Å². The molecule has 0 saturated carbocycles. The van der Waals surface area contributed by atoms with E-state index in [4.69, 9.17) is 0 Å². The maximum atomic E-state index is 12.8. The van der Waals surface area contributed by atoms with Gasteiger partial charge < -0.3 is 4.90 Å². The number of Topliss-reactive ketones (excluding diaryl/α,β-unsaturated/α-hetero) is 1. The molecule has 2 unspecified atom stereocenters. The third-order valence-electron chi connectivity index (χ3n) is 3.23. The van der Waals surface area contributed by atoms with E-state index in [1.54, 1.807) is 18.0 Å². The number of carbonyl (C=O) groups is 1. The van der Waals surface area contributed by atoms with Crippen LogP contribution in [0.2, 0.25) is 0 Å². The first-order valence-corrected chi connectivity index (χ1v) is 9.53. The normalized spacial score (nSPS) is 23.2. The summed E-state index contributed by atoms with van der Waals surface area (Å²) in [4.78, 5) is 14.9. The van der Waals surface area contributed by atoms with Crippen LogP contribution in [0.15, 0.2) is 10.7 Å². The molecule has 2 atom stereocenters. The van der Waals surface area contributed by atoms with Crippen LogP contribution in [0.1, 0.15) is 17.4 Å². The van der Waals surface area contributed by atoms with Crippen LogP contribution in [-0.4, -0.2) is 63.1 Å². The van der Waals surface area contributed by atoms with E-state index in [-0.39, 0.29) is 11.0 Å². The molecule has 1 aromatic rings. The van der Waals surface area contributed by atoms with Gasteiger partial charge in [0.05, 0.1) is 22.5 Å². The molecule has 0 N–H and O–H groups in total. The van der Waals surface area contributed by atoms with Gasteiger partial charge in [-0.05, 0) is 30.0 Å². The number of likely N-dealkylation sites (N-methyl/N-ethyl adjacent to an activating group) is 1. The van der Waals surface area contributed by atoms with Gasteiger partial charge in [-0.25, -0.2) is 0 Å². The second-order valence-corrected chi connectivity index (χ2v) is 8.69. The Morgan fingerprint density at radius 3 is 2.85 bits per heavy atom. The fraction of sp³-hybridized carbons (Fsp3) is 0.692. The molecule has 1 aromatic heterocycles. The monoisotopic (exact) mass is 377 g/mol. The standard InChI is InChI=1S/C13H20BrN3OS2/c1-9-13(20-7-6-19-9)12(18)11-10(14)8-15-17(11)5-4-16(2)3/h8-9,13H,4-7H2,1-3H3. The molecule has 2 rings (SSSR count). The zero-order valence-electron chi connectivity index (χ0n) is 12.0. The second kappa shape index (κ2) is 7.33. The van der Waals surface area contributed by atoms with Crippen LogP contribution in [0.5, 0.6) is 0 Å². The Morgan fingerprint density at radius 2 is 2.20 bits per heavy atom. The first kappa shape index (κ1) is 16.4. The summed E-state index contributed by atoms with van der Waals surface area (Å²) in [6, 6.07) is 0. The summed E-state index contributed by atoms with van der Waals surface area (Å²) in [5.74, 6) is 2.39. The molecule has 0 radical (unpaired) electrons. The van der Waals surface area contributed by atoms with E-state index in [9.17, 15) is 4.79 Å². The van der Waals surface area contributed by atoms with Crippen molar-refractivity contribution in [1.82, 2.24) is 14.7 Å². The molecule has 0 bridgehead atoms. The molecule has 0 aromatic carbocycles. The SMILES string of the molecule is CC1SCCSC1C(=O)c1c(Br)cnn1CCN(C)C. The maximum Gasteiger partial charge on any atom is 0.196 e. The van der Waals surface area contributed by atoms with Gasteiger partial charge in [0.2, 0.25) is 0 Å². The molecular formula is C13H20BrN3OS2. The molecule has 1 saturated heterocycles. The van der Waals surface area contributed by atoms with Crippen molar-refractivity contribution in [2.75, 3.05) is 32.1 Å². The number of nitrogens with zero attached hydrogens (tertiary/aromatic N) is 3. The van der Waals surface area contributed by atoms with Gasteiger partial charge in [-0.15, -0.1) is 11.8 Å². The number of rotatable bonds is 5. The van der Waals surface area contributed by atoms with E-state index in [1.165, 1.54) is 0 Å². The number of ketones is 1. The lowest BCUT2D eigenvalue weighted by molar-refractivity contribution is 0.0977. The van der Waals surface area contributed by atoms with Crippen molar-refractivity contribution in [1.29, 1.82) is 0 Å². The van der Waals surface area contributed by atoms with Gasteiger partial charge in [-0.2, -0.15) is 16.9 Å². The summed E-state index contributed by atoms with van der Waals surface area (Å²) in [7, 11) is 4.05. The molecule has 112 valence electrons. The highest BCUT2D eigenvalue weighted by Crippen LogP contribution is 2.34. The fourth-order valence-electron chi connectivity index (χ4n) is 2.13. The smallest absolute Gasteiger partial charge is 0.196 e. The molecule has 1 fully saturated rings. The molecule has 1 aliphatic rings. The second-order valence-electron chi connectivity index (χ2n) is 5.10. The van der Waals surface area contributed by atoms with Crippen molar-refractivity contribution >= 4 is 45.2 Å². The lowest BCUT2D eigenvalue weighted by atomic mass is 10.1. The zero-order chi connectivity index (χ0) is 14.7. The Bertz CT molecular complexity index is 478. The van der Waals surface area contributed by atoms with Crippen LogP contribution < -0.4 is 0 Å². The van der Waals surface area contributed by atoms with E-state index >= 15 is 0 Å². The number of hydrogen-bond acceptors (Lipinski definition) is 5. The Labute approximate surface area is 137 Å². The average Bonchev–Trinajstić information content (AvgIpc) is 2.77. The number of aromatic nitrogens is 2. The van der Waals surface area contributed by atoms with Crippen LogP contribution in [0, 0.1) is 0 Å². The van der Waals surface area contributed by atoms with Gasteiger partial charge in [0, 0.05) is 23.3 Å². The predicted octanol–water partition coefficient (Wildman–Crippen LogP) is 2.63. The molecule has 0 amide bonds. The summed E-state index contributed by atoms with van der Waals surface area (Å²) in [5, 5.41) is 4.74. The van der Waals surface area contributed by atoms with Crippen LogP contribution in [0.25, 0.3) is 0 Å². The number of thioether (sulfide) groups is 2. The highest BCUT2D eigenvalue weighted by Gasteiger charge is 2.32. The van der Waals surface area contributed by atoms with Gasteiger partial charge in [0.25, 0.3) is 0 Å². The summed E-state index contributed by atoms with van der Waals surface area (Å²) in [6.07, 6.45) is 1.73. The fourth-order valence-corrected chi connectivity index (χ4v) is 5.32. The van der Waals surface area contributed by atoms with E-state index in [0.717, 1.165) is 34.8 Å². The minimum atomic E-state index is 0.0415. The van der Waals surface area contributed by atoms with E-state index in [0.29, 0.717) is 5.25 Å². The van der Waals surface area contributed by atoms with Crippen molar-refractivity contribution < 1.29 is 4.79 Å². The summed E-state index contributed by atoms with van der Waals surface area (Å²) in [5.41, 5.74) is 0.721. The van der Waals surface area contributed by atoms with Crippen molar-refractivity contribution in [2.24, 2.45) is 0 Å². The molecule has 7 heteroatoms. The zero-order valence-corrected chi connectivity index (χ0v) is 15.2. The molecule has 20 heavy (non-hydrogen) atoms. The highest BCUT2D eigenvalue weighted by molar-refractivity contribution is 9.10. The third-order valence-corrected chi connectivity index (χ3v) is 6.90. The van der Waals surface area contributed by atoms with Crippen molar-refractivity contribution in [3.05, 3.63) is 16.4 Å². The quantitative estimate of drug-likeness (QED) is 0.737. The maximum absolute atomic E-state index is 12.8. The van der Waals surface area contributed by atoms with Gasteiger partial charge in [-0.1, -0.05) is 6.92 Å². The molecule has 2 heterocycles. The number of hydrogen-bond donors (Lipinski definition) is 0. The minimum Gasteiger partial charge on any atom is -0.308 e. The first-order valence-electron chi connectivity index (χ1n) is 6.64. The topological polar surface area (TPSA) is 38.1 Å². The van der Waals surface area contributed by atoms with Crippen molar-refractivity contribution in [2.45, 2.75) is 24.0 Å². The minimum absolute atomic E-state index is 0.0415. The summed E-state index contributed by atoms with van der Waals surface area (Å²) >= 11 is 7.14. The lowest BCUT2D eigenvalue weighted by Gasteiger charge is -2.27. The number of carbonyl (C=O) groups excluding carboxylic acids is 1. The predicted molar refractivity (Wildman–Crippen MR) is 91.0 cm³/mol. The molecular weight excluding hydrogens is 358 g/mol. The van der Waals surface area contributed by atoms with Gasteiger partial charge >= 0.3 is 0 Å². The van der Waals surface area contributed by atoms with Crippen LogP contribution in [-0.2, 0) is 6.54 Å². The Morgan fingerprint density at radius 1 is 1.50 bits per heavy atom. The van der Waals surface area contributed by atoms with Crippen LogP contribution in [0.3, 0.4) is 0 Å². The number of halogens is 1. The Balaban J connectivity index is 2.18. The average molecular weight is 378 g/mol. The van der Waals surface area contributed by atoms with Gasteiger partial charge in [0.15, 0.2) is 5.78 Å². The van der Waals surface area contributed by atoms with Gasteiger partial charge in [0.1, 0.15) is 5.69 Å². The van der Waals surface area contributed by atoms with E-state index in [2.05, 4.69) is 32.9 Å². The lowest BCUT2D eigenvalue weighted by Crippen LogP contribution is -2.33. The van der Waals surface area contributed by atoms with E-state index in [1.807, 2.05) is 30.5 Å². The highest BCUT2D eigenvalue weighted by atomic mass is 79.9. The van der Waals surface area contributed by atoms with Crippen molar-refractivity contribution in [3.63, 3.8) is 0 Å². The van der Waals surface area contributed by atoms with Gasteiger partial charge in [-0.3, -0.25) is 9.48 Å². The largest absolute Gasteiger partial charge is 0.308 e. The summed E-state index contributed by atoms with van der Waals surface area (Å²) in [6.45, 7) is 3.75. The Kier molecular flexibility index (Phi) is 6.01. The first-order chi connectivity index (χ1) is 9.50. The summed E-state index contributed by atoms with van der Waals surface area (Å²) < 4.78 is 2.64.